The van der Waals surface area contributed by atoms with Crippen LogP contribution in [0.25, 0.3) is 0 Å². The number of hydrogen-bond donors (Lipinski definition) is 2. The summed E-state index contributed by atoms with van der Waals surface area (Å²) in [6.45, 7) is 2.45. The zero-order valence-electron chi connectivity index (χ0n) is 11.9. The molecule has 0 atom stereocenters. The predicted molar refractivity (Wildman–Crippen MR) is 85.5 cm³/mol. The summed E-state index contributed by atoms with van der Waals surface area (Å²) >= 11 is 5.86. The van der Waals surface area contributed by atoms with Crippen molar-refractivity contribution in [2.75, 3.05) is 11.9 Å². The number of carbonyl (C=O) groups is 2. The molecule has 2 aromatic rings. The lowest BCUT2D eigenvalue weighted by molar-refractivity contribution is 0.0996. The van der Waals surface area contributed by atoms with E-state index < -0.39 is 5.91 Å². The molecule has 0 aliphatic heterocycles. The van der Waals surface area contributed by atoms with Crippen molar-refractivity contribution in [1.29, 1.82) is 0 Å². The third-order valence-electron chi connectivity index (χ3n) is 2.92. The molecule has 0 spiro atoms. The quantitative estimate of drug-likeness (QED) is 0.888. The van der Waals surface area contributed by atoms with E-state index in [0.29, 0.717) is 23.6 Å². The van der Waals surface area contributed by atoms with Gasteiger partial charge in [0.05, 0.1) is 17.2 Å². The lowest BCUT2D eigenvalue weighted by atomic mass is 10.1. The van der Waals surface area contributed by atoms with Gasteiger partial charge in [-0.2, -0.15) is 0 Å². The molecule has 0 saturated heterocycles. The third kappa shape index (κ3) is 3.77. The highest BCUT2D eigenvalue weighted by Gasteiger charge is 2.10. The number of anilines is 1. The molecular formula is C16H15ClN2O3. The zero-order valence-corrected chi connectivity index (χ0v) is 12.7. The number of hydrogen-bond acceptors (Lipinski definition) is 3. The van der Waals surface area contributed by atoms with E-state index in [1.807, 2.05) is 6.92 Å². The Morgan fingerprint density at radius 2 is 1.86 bits per heavy atom. The van der Waals surface area contributed by atoms with Crippen LogP contribution in [0.2, 0.25) is 5.02 Å². The summed E-state index contributed by atoms with van der Waals surface area (Å²) in [6, 6.07) is 11.3. The molecule has 0 fully saturated rings. The number of rotatable bonds is 5. The van der Waals surface area contributed by atoms with Gasteiger partial charge in [-0.05, 0) is 49.4 Å². The largest absolute Gasteiger partial charge is 0.494 e. The normalized spacial score (nSPS) is 10.1. The van der Waals surface area contributed by atoms with Gasteiger partial charge in [-0.3, -0.25) is 9.59 Å². The molecule has 6 heteroatoms. The highest BCUT2D eigenvalue weighted by Crippen LogP contribution is 2.21. The Balaban J connectivity index is 2.14. The number of nitrogens with two attached hydrogens (primary N) is 1. The molecule has 3 N–H and O–H groups in total. The molecule has 22 heavy (non-hydrogen) atoms. The average Bonchev–Trinajstić information content (AvgIpc) is 2.50. The Labute approximate surface area is 133 Å². The first-order chi connectivity index (χ1) is 10.5. The van der Waals surface area contributed by atoms with Crippen molar-refractivity contribution in [3.05, 3.63) is 58.6 Å². The molecule has 2 amide bonds. The van der Waals surface area contributed by atoms with Crippen LogP contribution in [0.15, 0.2) is 42.5 Å². The maximum Gasteiger partial charge on any atom is 0.255 e. The van der Waals surface area contributed by atoms with Crippen LogP contribution in [0.5, 0.6) is 5.75 Å². The van der Waals surface area contributed by atoms with Gasteiger partial charge in [-0.25, -0.2) is 0 Å². The number of benzene rings is 2. The fourth-order valence-corrected chi connectivity index (χ4v) is 2.08. The minimum absolute atomic E-state index is 0.158. The van der Waals surface area contributed by atoms with E-state index in [9.17, 15) is 9.59 Å². The first-order valence-electron chi connectivity index (χ1n) is 6.65. The van der Waals surface area contributed by atoms with Gasteiger partial charge in [-0.1, -0.05) is 11.6 Å². The fourth-order valence-electron chi connectivity index (χ4n) is 1.86. The topological polar surface area (TPSA) is 81.4 Å². The summed E-state index contributed by atoms with van der Waals surface area (Å²) in [5.74, 6) is -0.260. The van der Waals surface area contributed by atoms with Crippen LogP contribution in [0.4, 0.5) is 5.69 Å². The molecule has 0 unspecified atom stereocenters. The molecule has 2 rings (SSSR count). The Morgan fingerprint density at radius 3 is 2.45 bits per heavy atom. The van der Waals surface area contributed by atoms with E-state index in [0.717, 1.165) is 0 Å². The van der Waals surface area contributed by atoms with Gasteiger partial charge in [0.1, 0.15) is 5.75 Å². The second kappa shape index (κ2) is 6.95. The summed E-state index contributed by atoms with van der Waals surface area (Å²) < 4.78 is 5.32. The molecule has 114 valence electrons. The van der Waals surface area contributed by atoms with E-state index in [4.69, 9.17) is 22.1 Å². The molecule has 0 aromatic heterocycles. The van der Waals surface area contributed by atoms with Crippen molar-refractivity contribution in [3.8, 4) is 5.75 Å². The molecule has 0 aliphatic rings. The van der Waals surface area contributed by atoms with Gasteiger partial charge in [-0.15, -0.1) is 0 Å². The highest BCUT2D eigenvalue weighted by molar-refractivity contribution is 6.34. The van der Waals surface area contributed by atoms with Crippen LogP contribution < -0.4 is 15.8 Å². The standard InChI is InChI=1S/C16H15ClN2O3/c1-2-22-12-6-3-10(4-7-12)16(21)19-11-5-8-14(17)13(9-11)15(18)20/h3-9H,2H2,1H3,(H2,18,20)(H,19,21). The number of amides is 2. The van der Waals surface area contributed by atoms with E-state index >= 15 is 0 Å². The van der Waals surface area contributed by atoms with Crippen LogP contribution in [0.3, 0.4) is 0 Å². The number of ether oxygens (including phenoxy) is 1. The van der Waals surface area contributed by atoms with Crippen molar-refractivity contribution in [2.45, 2.75) is 6.92 Å². The number of nitrogens with one attached hydrogen (secondary N) is 1. The molecule has 0 aliphatic carbocycles. The molecule has 2 aromatic carbocycles. The zero-order chi connectivity index (χ0) is 16.1. The maximum atomic E-state index is 12.1. The van der Waals surface area contributed by atoms with Crippen molar-refractivity contribution < 1.29 is 14.3 Å². The minimum atomic E-state index is -0.651. The Kier molecular flexibility index (Phi) is 5.01. The van der Waals surface area contributed by atoms with Crippen molar-refractivity contribution in [1.82, 2.24) is 0 Å². The van der Waals surface area contributed by atoms with Crippen LogP contribution >= 0.6 is 11.6 Å². The van der Waals surface area contributed by atoms with E-state index in [1.165, 1.54) is 12.1 Å². The smallest absolute Gasteiger partial charge is 0.255 e. The summed E-state index contributed by atoms with van der Waals surface area (Å²) in [6.07, 6.45) is 0. The lowest BCUT2D eigenvalue weighted by Crippen LogP contribution is -2.15. The van der Waals surface area contributed by atoms with E-state index in [-0.39, 0.29) is 16.5 Å². The molecule has 0 radical (unpaired) electrons. The van der Waals surface area contributed by atoms with Gasteiger partial charge >= 0.3 is 0 Å². The van der Waals surface area contributed by atoms with E-state index in [2.05, 4.69) is 5.32 Å². The number of primary amides is 1. The molecule has 0 bridgehead atoms. The fraction of sp³-hybridized carbons (Fsp3) is 0.125. The van der Waals surface area contributed by atoms with Gasteiger partial charge < -0.3 is 15.8 Å². The van der Waals surface area contributed by atoms with Crippen molar-refractivity contribution >= 4 is 29.1 Å². The highest BCUT2D eigenvalue weighted by atomic mass is 35.5. The molecule has 0 heterocycles. The second-order valence-corrected chi connectivity index (χ2v) is 4.88. The van der Waals surface area contributed by atoms with Gasteiger partial charge in [0.2, 0.25) is 5.91 Å². The van der Waals surface area contributed by atoms with Crippen LogP contribution in [-0.4, -0.2) is 18.4 Å². The summed E-state index contributed by atoms with van der Waals surface area (Å²) in [7, 11) is 0. The van der Waals surface area contributed by atoms with E-state index in [1.54, 1.807) is 30.3 Å². The summed E-state index contributed by atoms with van der Waals surface area (Å²) in [5.41, 5.74) is 6.29. The summed E-state index contributed by atoms with van der Waals surface area (Å²) in [5, 5.41) is 2.93. The number of halogens is 1. The van der Waals surface area contributed by atoms with Gasteiger partial charge in [0.15, 0.2) is 0 Å². The van der Waals surface area contributed by atoms with Crippen LogP contribution in [0, 0.1) is 0 Å². The summed E-state index contributed by atoms with van der Waals surface area (Å²) in [4.78, 5) is 23.4. The first kappa shape index (κ1) is 15.9. The van der Waals surface area contributed by atoms with Crippen molar-refractivity contribution in [3.63, 3.8) is 0 Å². The van der Waals surface area contributed by atoms with Crippen molar-refractivity contribution in [2.24, 2.45) is 5.73 Å². The maximum absolute atomic E-state index is 12.1. The third-order valence-corrected chi connectivity index (χ3v) is 3.25. The lowest BCUT2D eigenvalue weighted by Gasteiger charge is -2.08. The second-order valence-electron chi connectivity index (χ2n) is 4.47. The first-order valence-corrected chi connectivity index (χ1v) is 7.02. The number of carbonyl (C=O) groups excluding carboxylic acids is 2. The van der Waals surface area contributed by atoms with Crippen LogP contribution in [-0.2, 0) is 0 Å². The molecular weight excluding hydrogens is 304 g/mol. The Hall–Kier alpha value is -2.53. The Bertz CT molecular complexity index is 699. The molecule has 0 saturated carbocycles. The van der Waals surface area contributed by atoms with Crippen LogP contribution in [0.1, 0.15) is 27.6 Å². The molecule has 5 nitrogen and oxygen atoms in total. The van der Waals surface area contributed by atoms with Gasteiger partial charge in [0.25, 0.3) is 5.91 Å². The average molecular weight is 319 g/mol. The predicted octanol–water partition coefficient (Wildman–Crippen LogP) is 3.09. The Morgan fingerprint density at radius 1 is 1.18 bits per heavy atom. The minimum Gasteiger partial charge on any atom is -0.494 e. The monoisotopic (exact) mass is 318 g/mol. The SMILES string of the molecule is CCOc1ccc(C(=O)Nc2ccc(Cl)c(C(N)=O)c2)cc1. The van der Waals surface area contributed by atoms with Gasteiger partial charge in [0, 0.05) is 11.3 Å².